The summed E-state index contributed by atoms with van der Waals surface area (Å²) < 4.78 is 6.70. The second-order valence-electron chi connectivity index (χ2n) is 14.9. The van der Waals surface area contributed by atoms with E-state index >= 15 is 0 Å². The predicted molar refractivity (Wildman–Crippen MR) is 245 cm³/mol. The molecule has 0 N–H and O–H groups in total. The molecule has 58 heavy (non-hydrogen) atoms. The van der Waals surface area contributed by atoms with Crippen LogP contribution in [0.15, 0.2) is 229 Å². The van der Waals surface area contributed by atoms with E-state index in [4.69, 9.17) is 4.42 Å². The van der Waals surface area contributed by atoms with Gasteiger partial charge >= 0.3 is 0 Å². The molecule has 11 aromatic rings. The first-order chi connectivity index (χ1) is 28.7. The smallest absolute Gasteiger partial charge is 0.143 e. The Kier molecular flexibility index (Phi) is 8.19. The fraction of sp³-hybridized carbons (Fsp3) is 0. The van der Waals surface area contributed by atoms with E-state index in [1.54, 1.807) is 0 Å². The van der Waals surface area contributed by atoms with E-state index in [1.807, 2.05) is 0 Å². The van der Waals surface area contributed by atoms with Gasteiger partial charge in [-0.3, -0.25) is 0 Å². The summed E-state index contributed by atoms with van der Waals surface area (Å²) in [6, 6.07) is 80.7. The minimum Gasteiger partial charge on any atom is -0.455 e. The Morgan fingerprint density at radius 2 is 0.914 bits per heavy atom. The van der Waals surface area contributed by atoms with Gasteiger partial charge in [-0.25, -0.2) is 0 Å². The van der Waals surface area contributed by atoms with Gasteiger partial charge in [0.2, 0.25) is 0 Å². The summed E-state index contributed by atoms with van der Waals surface area (Å²) in [4.78, 5) is 2.38. The molecule has 10 aromatic carbocycles. The first-order valence-corrected chi connectivity index (χ1v) is 19.8. The highest BCUT2D eigenvalue weighted by Gasteiger charge is 2.21. The second kappa shape index (κ2) is 14.1. The van der Waals surface area contributed by atoms with Crippen LogP contribution in [0.1, 0.15) is 0 Å². The maximum atomic E-state index is 6.70. The summed E-state index contributed by atoms with van der Waals surface area (Å²) in [5.41, 5.74) is 14.5. The Bertz CT molecular complexity index is 3270. The number of hydrogen-bond donors (Lipinski definition) is 0. The van der Waals surface area contributed by atoms with Gasteiger partial charge in [-0.05, 0) is 115 Å². The standard InChI is InChI=1S/C56H37NO/c1-3-14-40(15-4-1)49-33-30-46(37-52(49)41-16-5-2-6-17-41)39-27-31-47(32-28-39)57(48-21-11-20-44(36-48)45-26-25-38-13-7-8-19-43(38)35-45)53-23-12-24-54-55(53)51-34-29-42-18-9-10-22-50(42)56(51)58-54/h1-37H. The van der Waals surface area contributed by atoms with Crippen LogP contribution in [0.2, 0.25) is 0 Å². The highest BCUT2D eigenvalue weighted by atomic mass is 16.3. The van der Waals surface area contributed by atoms with Crippen LogP contribution < -0.4 is 4.90 Å². The first kappa shape index (κ1) is 33.6. The van der Waals surface area contributed by atoms with Crippen LogP contribution in [0.4, 0.5) is 17.1 Å². The van der Waals surface area contributed by atoms with Crippen LogP contribution in [0.3, 0.4) is 0 Å². The fourth-order valence-corrected chi connectivity index (χ4v) is 8.59. The van der Waals surface area contributed by atoms with Gasteiger partial charge in [-0.2, -0.15) is 0 Å². The van der Waals surface area contributed by atoms with Gasteiger partial charge in [0.05, 0.1) is 11.1 Å². The summed E-state index contributed by atoms with van der Waals surface area (Å²) in [6.07, 6.45) is 0. The molecular formula is C56H37NO. The van der Waals surface area contributed by atoms with Crippen molar-refractivity contribution in [2.24, 2.45) is 0 Å². The molecule has 0 saturated carbocycles. The lowest BCUT2D eigenvalue weighted by molar-refractivity contribution is 0.672. The zero-order chi connectivity index (χ0) is 38.4. The number of hydrogen-bond acceptors (Lipinski definition) is 2. The zero-order valence-electron chi connectivity index (χ0n) is 31.7. The van der Waals surface area contributed by atoms with Crippen LogP contribution in [-0.2, 0) is 0 Å². The molecule has 272 valence electrons. The Morgan fingerprint density at radius 3 is 1.72 bits per heavy atom. The maximum Gasteiger partial charge on any atom is 0.143 e. The quantitative estimate of drug-likeness (QED) is 0.162. The van der Waals surface area contributed by atoms with E-state index < -0.39 is 0 Å². The van der Waals surface area contributed by atoms with Crippen LogP contribution >= 0.6 is 0 Å². The fourth-order valence-electron chi connectivity index (χ4n) is 8.59. The van der Waals surface area contributed by atoms with Gasteiger partial charge in [-0.15, -0.1) is 0 Å². The van der Waals surface area contributed by atoms with E-state index in [2.05, 4.69) is 229 Å². The topological polar surface area (TPSA) is 16.4 Å². The van der Waals surface area contributed by atoms with Gasteiger partial charge in [-0.1, -0.05) is 170 Å². The molecule has 0 aliphatic rings. The number of furan rings is 1. The second-order valence-corrected chi connectivity index (χ2v) is 14.9. The van der Waals surface area contributed by atoms with Crippen LogP contribution in [0.5, 0.6) is 0 Å². The number of nitrogens with zero attached hydrogens (tertiary/aromatic N) is 1. The molecule has 1 heterocycles. The van der Waals surface area contributed by atoms with Crippen LogP contribution in [0, 0.1) is 0 Å². The largest absolute Gasteiger partial charge is 0.455 e. The van der Waals surface area contributed by atoms with Crippen molar-refractivity contribution >= 4 is 60.5 Å². The third kappa shape index (κ3) is 5.91. The van der Waals surface area contributed by atoms with E-state index in [0.29, 0.717) is 0 Å². The lowest BCUT2D eigenvalue weighted by Crippen LogP contribution is -2.10. The maximum absolute atomic E-state index is 6.70. The van der Waals surface area contributed by atoms with Crippen molar-refractivity contribution in [2.45, 2.75) is 0 Å². The van der Waals surface area contributed by atoms with Gasteiger partial charge < -0.3 is 9.32 Å². The van der Waals surface area contributed by atoms with Gasteiger partial charge in [0.1, 0.15) is 11.2 Å². The molecule has 1 aromatic heterocycles. The third-order valence-electron chi connectivity index (χ3n) is 11.4. The van der Waals surface area contributed by atoms with Crippen molar-refractivity contribution in [3.05, 3.63) is 224 Å². The molecule has 0 unspecified atom stereocenters. The molecule has 2 heteroatoms. The Hall–Kier alpha value is -7.68. The molecule has 0 bridgehead atoms. The van der Waals surface area contributed by atoms with E-state index in [0.717, 1.165) is 55.5 Å². The molecule has 11 rings (SSSR count). The molecule has 0 saturated heterocycles. The lowest BCUT2D eigenvalue weighted by atomic mass is 9.91. The molecule has 0 aliphatic heterocycles. The summed E-state index contributed by atoms with van der Waals surface area (Å²) in [5, 5.41) is 6.94. The Morgan fingerprint density at radius 1 is 0.310 bits per heavy atom. The third-order valence-corrected chi connectivity index (χ3v) is 11.4. The van der Waals surface area contributed by atoms with Gasteiger partial charge in [0.15, 0.2) is 0 Å². The molecule has 0 spiro atoms. The van der Waals surface area contributed by atoms with E-state index in [-0.39, 0.29) is 0 Å². The predicted octanol–water partition coefficient (Wildman–Crippen LogP) is 16.0. The summed E-state index contributed by atoms with van der Waals surface area (Å²) in [7, 11) is 0. The van der Waals surface area contributed by atoms with Gasteiger partial charge in [0, 0.05) is 22.1 Å². The minimum absolute atomic E-state index is 0.864. The highest BCUT2D eigenvalue weighted by Crippen LogP contribution is 2.45. The lowest BCUT2D eigenvalue weighted by Gasteiger charge is -2.27. The van der Waals surface area contributed by atoms with Gasteiger partial charge in [0.25, 0.3) is 0 Å². The molecular weight excluding hydrogens is 703 g/mol. The molecule has 0 radical (unpaired) electrons. The normalized spacial score (nSPS) is 11.4. The Labute approximate surface area is 337 Å². The number of benzene rings is 10. The van der Waals surface area contributed by atoms with Crippen molar-refractivity contribution in [2.75, 3.05) is 4.90 Å². The average molecular weight is 740 g/mol. The molecule has 0 atom stereocenters. The monoisotopic (exact) mass is 739 g/mol. The molecule has 0 amide bonds. The average Bonchev–Trinajstić information content (AvgIpc) is 3.70. The van der Waals surface area contributed by atoms with E-state index in [1.165, 1.54) is 49.5 Å². The van der Waals surface area contributed by atoms with Crippen molar-refractivity contribution in [3.8, 4) is 44.5 Å². The van der Waals surface area contributed by atoms with Crippen molar-refractivity contribution in [1.82, 2.24) is 0 Å². The van der Waals surface area contributed by atoms with Crippen molar-refractivity contribution in [3.63, 3.8) is 0 Å². The summed E-state index contributed by atoms with van der Waals surface area (Å²) in [6.45, 7) is 0. The van der Waals surface area contributed by atoms with Crippen molar-refractivity contribution < 1.29 is 4.42 Å². The number of rotatable bonds is 7. The van der Waals surface area contributed by atoms with E-state index in [9.17, 15) is 0 Å². The molecule has 0 fully saturated rings. The molecule has 0 aliphatic carbocycles. The van der Waals surface area contributed by atoms with Crippen LogP contribution in [-0.4, -0.2) is 0 Å². The first-order valence-electron chi connectivity index (χ1n) is 19.8. The zero-order valence-corrected chi connectivity index (χ0v) is 31.7. The number of anilines is 3. The summed E-state index contributed by atoms with van der Waals surface area (Å²) >= 11 is 0. The highest BCUT2D eigenvalue weighted by molar-refractivity contribution is 6.19. The van der Waals surface area contributed by atoms with Crippen molar-refractivity contribution in [1.29, 1.82) is 0 Å². The van der Waals surface area contributed by atoms with Crippen LogP contribution in [0.25, 0.3) is 88.0 Å². The number of fused-ring (bicyclic) bond motifs is 6. The Balaban J connectivity index is 1.07. The molecule has 2 nitrogen and oxygen atoms in total. The SMILES string of the molecule is c1ccc(-c2ccc(-c3ccc(N(c4cccc(-c5ccc6ccccc6c5)c4)c4cccc5oc6c7ccccc7ccc6c45)cc3)cc2-c2ccccc2)cc1. The summed E-state index contributed by atoms with van der Waals surface area (Å²) in [5.74, 6) is 0. The minimum atomic E-state index is 0.864.